The second-order valence-electron chi connectivity index (χ2n) is 14.1. The summed E-state index contributed by atoms with van der Waals surface area (Å²) >= 11 is 1.86. The van der Waals surface area contributed by atoms with Gasteiger partial charge in [0, 0.05) is 37.1 Å². The van der Waals surface area contributed by atoms with E-state index >= 15 is 0 Å². The van der Waals surface area contributed by atoms with Gasteiger partial charge in [0.15, 0.2) is 0 Å². The van der Waals surface area contributed by atoms with Crippen molar-refractivity contribution >= 4 is 48.6 Å². The fourth-order valence-corrected chi connectivity index (χ4v) is 8.92. The number of rotatable bonds is 8. The average molecular weight is 732 g/mol. The van der Waals surface area contributed by atoms with E-state index < -0.39 is 0 Å². The molecule has 0 unspecified atom stereocenters. The largest absolute Gasteiger partial charge is 0.310 e. The number of nitrogens with zero attached hydrogens (tertiary/aromatic N) is 1. The molecule has 1 aromatic heterocycles. The predicted molar refractivity (Wildman–Crippen MR) is 241 cm³/mol. The lowest BCUT2D eigenvalue weighted by atomic mass is 9.95. The molecule has 0 spiro atoms. The first-order valence-electron chi connectivity index (χ1n) is 19.1. The first-order chi connectivity index (χ1) is 27.7. The molecule has 0 N–H and O–H groups in total. The van der Waals surface area contributed by atoms with Crippen LogP contribution in [0.25, 0.3) is 75.8 Å². The van der Waals surface area contributed by atoms with Crippen molar-refractivity contribution in [3.8, 4) is 55.6 Å². The van der Waals surface area contributed by atoms with Crippen molar-refractivity contribution in [2.24, 2.45) is 0 Å². The van der Waals surface area contributed by atoms with Crippen LogP contribution >= 0.6 is 11.3 Å². The molecule has 0 fully saturated rings. The van der Waals surface area contributed by atoms with Gasteiger partial charge in [0.2, 0.25) is 0 Å². The molecule has 9 aromatic carbocycles. The molecule has 10 rings (SSSR count). The van der Waals surface area contributed by atoms with Gasteiger partial charge in [-0.25, -0.2) is 0 Å². The highest BCUT2D eigenvalue weighted by molar-refractivity contribution is 7.25. The Morgan fingerprint density at radius 1 is 0.268 bits per heavy atom. The molecule has 0 aliphatic heterocycles. The Labute approximate surface area is 332 Å². The van der Waals surface area contributed by atoms with Crippen LogP contribution in [0.4, 0.5) is 17.1 Å². The average Bonchev–Trinajstić information content (AvgIpc) is 3.66. The Morgan fingerprint density at radius 2 is 0.696 bits per heavy atom. The molecule has 0 radical (unpaired) electrons. The molecule has 0 atom stereocenters. The summed E-state index contributed by atoms with van der Waals surface area (Å²) < 4.78 is 2.64. The number of anilines is 3. The Bertz CT molecular complexity index is 2930. The van der Waals surface area contributed by atoms with Crippen molar-refractivity contribution in [1.82, 2.24) is 0 Å². The maximum Gasteiger partial charge on any atom is 0.0540 e. The standard InChI is InChI=1S/C54H37NS/c1-4-13-38(14-5-1)40-23-29-47(30-24-40)55(48-31-25-41(26-32-48)44-20-12-19-43(35-44)39-15-6-2-7-16-39)52-33-27-45(36-50(52)42-17-8-3-9-18-42)46-28-34-54-51(37-46)49-21-10-11-22-53(49)56-54/h1-37H. The fourth-order valence-electron chi connectivity index (χ4n) is 7.84. The van der Waals surface area contributed by atoms with Gasteiger partial charge >= 0.3 is 0 Å². The summed E-state index contributed by atoms with van der Waals surface area (Å²) in [5.41, 5.74) is 15.3. The summed E-state index contributed by atoms with van der Waals surface area (Å²) in [6.45, 7) is 0. The smallest absolute Gasteiger partial charge is 0.0540 e. The lowest BCUT2D eigenvalue weighted by Crippen LogP contribution is -2.11. The van der Waals surface area contributed by atoms with E-state index in [4.69, 9.17) is 0 Å². The maximum atomic E-state index is 2.40. The van der Waals surface area contributed by atoms with E-state index in [-0.39, 0.29) is 0 Å². The van der Waals surface area contributed by atoms with Gasteiger partial charge in [-0.3, -0.25) is 0 Å². The predicted octanol–water partition coefficient (Wildman–Crippen LogP) is 15.9. The third kappa shape index (κ3) is 6.47. The molecule has 2 heteroatoms. The zero-order chi connectivity index (χ0) is 37.3. The molecular weight excluding hydrogens is 695 g/mol. The minimum atomic E-state index is 1.09. The molecule has 264 valence electrons. The lowest BCUT2D eigenvalue weighted by molar-refractivity contribution is 1.28. The topological polar surface area (TPSA) is 3.24 Å². The van der Waals surface area contributed by atoms with Crippen LogP contribution in [0.15, 0.2) is 224 Å². The van der Waals surface area contributed by atoms with Gasteiger partial charge in [-0.05, 0) is 111 Å². The Balaban J connectivity index is 1.10. The first kappa shape index (κ1) is 33.6. The maximum absolute atomic E-state index is 2.40. The molecule has 0 aliphatic carbocycles. The molecule has 0 saturated heterocycles. The van der Waals surface area contributed by atoms with E-state index in [9.17, 15) is 0 Å². The summed E-state index contributed by atoms with van der Waals surface area (Å²) in [6, 6.07) is 81.4. The van der Waals surface area contributed by atoms with Crippen LogP contribution in [0.5, 0.6) is 0 Å². The van der Waals surface area contributed by atoms with Crippen molar-refractivity contribution in [3.63, 3.8) is 0 Å². The van der Waals surface area contributed by atoms with E-state index in [2.05, 4.69) is 229 Å². The molecule has 0 aliphatic rings. The minimum Gasteiger partial charge on any atom is -0.310 e. The number of hydrogen-bond donors (Lipinski definition) is 0. The monoisotopic (exact) mass is 731 g/mol. The highest BCUT2D eigenvalue weighted by Gasteiger charge is 2.19. The highest BCUT2D eigenvalue weighted by atomic mass is 32.1. The Kier molecular flexibility index (Phi) is 8.79. The summed E-state index contributed by atoms with van der Waals surface area (Å²) in [5, 5.41) is 2.62. The zero-order valence-electron chi connectivity index (χ0n) is 30.7. The van der Waals surface area contributed by atoms with E-state index in [1.54, 1.807) is 0 Å². The number of thiophene rings is 1. The second-order valence-corrected chi connectivity index (χ2v) is 15.2. The Morgan fingerprint density at radius 3 is 1.34 bits per heavy atom. The quantitative estimate of drug-likeness (QED) is 0.150. The van der Waals surface area contributed by atoms with Gasteiger partial charge < -0.3 is 4.90 Å². The van der Waals surface area contributed by atoms with Crippen molar-refractivity contribution in [2.45, 2.75) is 0 Å². The fraction of sp³-hybridized carbons (Fsp3) is 0. The van der Waals surface area contributed by atoms with Crippen molar-refractivity contribution < 1.29 is 0 Å². The van der Waals surface area contributed by atoms with E-state index in [1.165, 1.54) is 75.8 Å². The third-order valence-electron chi connectivity index (χ3n) is 10.7. The van der Waals surface area contributed by atoms with Crippen molar-refractivity contribution in [3.05, 3.63) is 224 Å². The van der Waals surface area contributed by atoms with Gasteiger partial charge in [-0.1, -0.05) is 164 Å². The second kappa shape index (κ2) is 14.7. The molecule has 0 amide bonds. The van der Waals surface area contributed by atoms with E-state index in [0.717, 1.165) is 17.1 Å². The van der Waals surface area contributed by atoms with Crippen LogP contribution in [0.2, 0.25) is 0 Å². The SMILES string of the molecule is c1ccc(-c2ccc(N(c3ccc(-c4cccc(-c5ccccc5)c4)cc3)c3ccc(-c4ccc5sc6ccccc6c5c4)cc3-c3ccccc3)cc2)cc1. The molecular formula is C54H37NS. The zero-order valence-corrected chi connectivity index (χ0v) is 31.5. The van der Waals surface area contributed by atoms with Crippen LogP contribution in [0, 0.1) is 0 Å². The molecule has 0 bridgehead atoms. The third-order valence-corrected chi connectivity index (χ3v) is 11.8. The van der Waals surface area contributed by atoms with Crippen LogP contribution in [-0.4, -0.2) is 0 Å². The number of hydrogen-bond acceptors (Lipinski definition) is 2. The van der Waals surface area contributed by atoms with Gasteiger partial charge in [-0.15, -0.1) is 11.3 Å². The Hall–Kier alpha value is -7.00. The molecule has 1 nitrogen and oxygen atoms in total. The highest BCUT2D eigenvalue weighted by Crippen LogP contribution is 2.44. The number of fused-ring (bicyclic) bond motifs is 3. The summed E-state index contributed by atoms with van der Waals surface area (Å²) in [7, 11) is 0. The first-order valence-corrected chi connectivity index (χ1v) is 19.9. The normalized spacial score (nSPS) is 11.2. The molecule has 1 heterocycles. The van der Waals surface area contributed by atoms with Crippen LogP contribution < -0.4 is 4.90 Å². The van der Waals surface area contributed by atoms with Crippen molar-refractivity contribution in [1.29, 1.82) is 0 Å². The van der Waals surface area contributed by atoms with Gasteiger partial charge in [0.05, 0.1) is 5.69 Å². The molecule has 10 aromatic rings. The van der Waals surface area contributed by atoms with E-state index in [1.807, 2.05) is 11.3 Å². The molecule has 56 heavy (non-hydrogen) atoms. The lowest BCUT2D eigenvalue weighted by Gasteiger charge is -2.29. The summed E-state index contributed by atoms with van der Waals surface area (Å²) in [6.07, 6.45) is 0. The van der Waals surface area contributed by atoms with Gasteiger partial charge in [0.1, 0.15) is 0 Å². The summed E-state index contributed by atoms with van der Waals surface area (Å²) in [5.74, 6) is 0. The van der Waals surface area contributed by atoms with Gasteiger partial charge in [-0.2, -0.15) is 0 Å². The van der Waals surface area contributed by atoms with Crippen molar-refractivity contribution in [2.75, 3.05) is 4.90 Å². The minimum absolute atomic E-state index is 1.09. The van der Waals surface area contributed by atoms with Crippen LogP contribution in [0.3, 0.4) is 0 Å². The van der Waals surface area contributed by atoms with Gasteiger partial charge in [0.25, 0.3) is 0 Å². The van der Waals surface area contributed by atoms with Crippen LogP contribution in [0.1, 0.15) is 0 Å². The van der Waals surface area contributed by atoms with E-state index in [0.29, 0.717) is 0 Å². The molecule has 0 saturated carbocycles. The summed E-state index contributed by atoms with van der Waals surface area (Å²) in [4.78, 5) is 2.40. The number of benzene rings is 9. The van der Waals surface area contributed by atoms with Crippen LogP contribution in [-0.2, 0) is 0 Å².